The van der Waals surface area contributed by atoms with E-state index in [0.717, 1.165) is 29.3 Å². The lowest BCUT2D eigenvalue weighted by Crippen LogP contribution is -2.58. The van der Waals surface area contributed by atoms with Gasteiger partial charge in [0.2, 0.25) is 5.58 Å². The first-order valence-corrected chi connectivity index (χ1v) is 12.6. The number of unbranched alkanes of at least 4 members (excludes halogenated alkanes) is 1. The molecule has 0 N–H and O–H groups in total. The van der Waals surface area contributed by atoms with E-state index in [1.807, 2.05) is 29.9 Å². The molecule has 0 unspecified atom stereocenters. The Morgan fingerprint density at radius 1 is 1.09 bits per heavy atom. The number of anilines is 1. The van der Waals surface area contributed by atoms with Crippen LogP contribution < -0.4 is 9.47 Å². The highest BCUT2D eigenvalue weighted by Gasteiger charge is 2.38. The third kappa shape index (κ3) is 3.99. The van der Waals surface area contributed by atoms with Crippen LogP contribution in [0.15, 0.2) is 59.3 Å². The number of benzene rings is 1. The highest BCUT2D eigenvalue weighted by atomic mass is 16.3. The summed E-state index contributed by atoms with van der Waals surface area (Å²) in [6.07, 6.45) is 15.4. The Morgan fingerprint density at radius 3 is 2.73 bits per heavy atom. The lowest BCUT2D eigenvalue weighted by molar-refractivity contribution is -0.942. The lowest BCUT2D eigenvalue weighted by Gasteiger charge is -2.49. The summed E-state index contributed by atoms with van der Waals surface area (Å²) in [5.41, 5.74) is 5.34. The third-order valence-corrected chi connectivity index (χ3v) is 8.10. The van der Waals surface area contributed by atoms with Gasteiger partial charge in [0.05, 0.1) is 39.4 Å². The molecule has 0 spiro atoms. The van der Waals surface area contributed by atoms with Crippen LogP contribution in [0.5, 0.6) is 0 Å². The molecule has 33 heavy (non-hydrogen) atoms. The van der Waals surface area contributed by atoms with Crippen molar-refractivity contribution in [1.82, 2.24) is 4.98 Å². The van der Waals surface area contributed by atoms with Gasteiger partial charge in [0.25, 0.3) is 0 Å². The number of quaternary nitrogens is 1. The molecule has 3 aromatic rings. The van der Waals surface area contributed by atoms with Gasteiger partial charge in [-0.25, -0.2) is 4.57 Å². The average Bonchev–Trinajstić information content (AvgIpc) is 3.28. The molecule has 3 fully saturated rings. The molecule has 7 rings (SSSR count). The first kappa shape index (κ1) is 20.7. The monoisotopic (exact) mass is 442 g/mol. The lowest BCUT2D eigenvalue weighted by atomic mass is 9.85. The number of nitrogens with zero attached hydrogens (tertiary/aromatic N) is 4. The van der Waals surface area contributed by atoms with E-state index < -0.39 is 0 Å². The normalized spacial score (nSPS) is 25.2. The summed E-state index contributed by atoms with van der Waals surface area (Å²) < 4.78 is 9.39. The SMILES string of the molecule is C[n+]1cccc2oc(/C=C3\C=CN(CCCC[N+]45CCC(CC4)CC5)c4ccccc43)nc21. The summed E-state index contributed by atoms with van der Waals surface area (Å²) in [6.45, 7) is 6.73. The molecule has 5 heteroatoms. The van der Waals surface area contributed by atoms with Crippen LogP contribution >= 0.6 is 0 Å². The van der Waals surface area contributed by atoms with Crippen molar-refractivity contribution in [2.45, 2.75) is 32.1 Å². The minimum atomic E-state index is 0.647. The van der Waals surface area contributed by atoms with Gasteiger partial charge in [0.15, 0.2) is 0 Å². The molecule has 0 amide bonds. The minimum absolute atomic E-state index is 0.647. The van der Waals surface area contributed by atoms with Crippen LogP contribution in [0.2, 0.25) is 0 Å². The molecule has 2 bridgehead atoms. The van der Waals surface area contributed by atoms with Crippen LogP contribution in [0.3, 0.4) is 0 Å². The average molecular weight is 443 g/mol. The van der Waals surface area contributed by atoms with E-state index in [4.69, 9.17) is 9.40 Å². The standard InChI is InChI=1S/C28H34N4O/c1-30-14-6-9-26-28(30)29-27(33-26)21-23-10-16-31(25-8-3-2-7-24(23)25)15-4-5-17-32-18-11-22(12-19-32)13-20-32/h2-3,6-10,14,16,21-22H,4-5,11-13,15,17-20H2,1H3/q+2. The number of oxazole rings is 1. The number of fused-ring (bicyclic) bond motifs is 5. The number of rotatable bonds is 6. The Balaban J connectivity index is 1.16. The van der Waals surface area contributed by atoms with E-state index in [1.54, 1.807) is 0 Å². The molecular weight excluding hydrogens is 408 g/mol. The molecule has 1 aromatic carbocycles. The molecule has 4 aliphatic heterocycles. The number of hydrogen-bond donors (Lipinski definition) is 0. The zero-order chi connectivity index (χ0) is 22.3. The van der Waals surface area contributed by atoms with Gasteiger partial charge in [0, 0.05) is 35.1 Å². The number of allylic oxidation sites excluding steroid dienone is 2. The number of aromatic nitrogens is 2. The van der Waals surface area contributed by atoms with Crippen LogP contribution in [0.25, 0.3) is 22.9 Å². The Labute approximate surface area is 196 Å². The highest BCUT2D eigenvalue weighted by Crippen LogP contribution is 2.35. The second-order valence-electron chi connectivity index (χ2n) is 10.2. The van der Waals surface area contributed by atoms with Gasteiger partial charge >= 0.3 is 11.5 Å². The summed E-state index contributed by atoms with van der Waals surface area (Å²) in [7, 11) is 1.99. The largest absolute Gasteiger partial charge is 0.411 e. The maximum Gasteiger partial charge on any atom is 0.370 e. The molecule has 6 heterocycles. The topological polar surface area (TPSA) is 33.1 Å². The maximum absolute atomic E-state index is 6.00. The molecular formula is C28H34N4O+2. The van der Waals surface area contributed by atoms with Crippen LogP contribution in [-0.4, -0.2) is 42.2 Å². The first-order valence-electron chi connectivity index (χ1n) is 12.6. The summed E-state index contributed by atoms with van der Waals surface area (Å²) in [4.78, 5) is 7.11. The number of piperidine rings is 3. The van der Waals surface area contributed by atoms with Crippen molar-refractivity contribution >= 4 is 28.6 Å². The maximum atomic E-state index is 6.00. The van der Waals surface area contributed by atoms with Crippen LogP contribution in [-0.2, 0) is 7.05 Å². The first-order chi connectivity index (χ1) is 16.2. The second kappa shape index (κ2) is 8.45. The van der Waals surface area contributed by atoms with Crippen molar-refractivity contribution in [3.05, 3.63) is 66.3 Å². The smallest absolute Gasteiger partial charge is 0.370 e. The van der Waals surface area contributed by atoms with Gasteiger partial charge in [0.1, 0.15) is 0 Å². The van der Waals surface area contributed by atoms with Crippen LogP contribution in [0.4, 0.5) is 5.69 Å². The summed E-state index contributed by atoms with van der Waals surface area (Å²) in [6, 6.07) is 12.6. The van der Waals surface area contributed by atoms with Crippen LogP contribution in [0.1, 0.15) is 43.6 Å². The van der Waals surface area contributed by atoms with Gasteiger partial charge in [-0.2, -0.15) is 0 Å². The number of hydrogen-bond acceptors (Lipinski definition) is 3. The third-order valence-electron chi connectivity index (χ3n) is 8.10. The fourth-order valence-corrected chi connectivity index (χ4v) is 6.06. The molecule has 4 aliphatic rings. The number of para-hydroxylation sites is 1. The Morgan fingerprint density at radius 2 is 1.91 bits per heavy atom. The van der Waals surface area contributed by atoms with Crippen molar-refractivity contribution < 1.29 is 13.5 Å². The van der Waals surface area contributed by atoms with E-state index in [0.29, 0.717) is 5.89 Å². The molecule has 2 aromatic heterocycles. The van der Waals surface area contributed by atoms with Gasteiger partial charge in [-0.05, 0) is 67.9 Å². The number of aryl methyl sites for hydroxylation is 1. The van der Waals surface area contributed by atoms with Crippen molar-refractivity contribution in [3.8, 4) is 0 Å². The second-order valence-corrected chi connectivity index (χ2v) is 10.2. The van der Waals surface area contributed by atoms with Crippen LogP contribution in [0, 0.1) is 5.92 Å². The van der Waals surface area contributed by atoms with Crippen molar-refractivity contribution in [2.75, 3.05) is 37.6 Å². The quantitative estimate of drug-likeness (QED) is 0.308. The van der Waals surface area contributed by atoms with Crippen molar-refractivity contribution in [1.29, 1.82) is 0 Å². The van der Waals surface area contributed by atoms with Crippen molar-refractivity contribution in [2.24, 2.45) is 13.0 Å². The Bertz CT molecular complexity index is 1200. The minimum Gasteiger partial charge on any atom is -0.411 e. The fourth-order valence-electron chi connectivity index (χ4n) is 6.06. The Kier molecular flexibility index (Phi) is 5.30. The van der Waals surface area contributed by atoms with Gasteiger partial charge in [-0.1, -0.05) is 18.2 Å². The fraction of sp³-hybridized carbons (Fsp3) is 0.429. The molecule has 5 nitrogen and oxygen atoms in total. The van der Waals surface area contributed by atoms with E-state index >= 15 is 0 Å². The molecule has 0 atom stereocenters. The predicted octanol–water partition coefficient (Wildman–Crippen LogP) is 4.94. The van der Waals surface area contributed by atoms with E-state index in [-0.39, 0.29) is 0 Å². The summed E-state index contributed by atoms with van der Waals surface area (Å²) in [5.74, 6) is 1.69. The highest BCUT2D eigenvalue weighted by molar-refractivity contribution is 5.94. The predicted molar refractivity (Wildman–Crippen MR) is 132 cm³/mol. The Hall–Kier alpha value is -2.92. The van der Waals surface area contributed by atoms with Gasteiger partial charge in [-0.15, -0.1) is 0 Å². The molecule has 170 valence electrons. The summed E-state index contributed by atoms with van der Waals surface area (Å²) >= 11 is 0. The molecule has 3 saturated heterocycles. The zero-order valence-corrected chi connectivity index (χ0v) is 19.6. The zero-order valence-electron chi connectivity index (χ0n) is 19.6. The van der Waals surface area contributed by atoms with E-state index in [9.17, 15) is 0 Å². The van der Waals surface area contributed by atoms with Gasteiger partial charge in [-0.3, -0.25) is 0 Å². The van der Waals surface area contributed by atoms with Crippen molar-refractivity contribution in [3.63, 3.8) is 0 Å². The molecule has 0 saturated carbocycles. The van der Waals surface area contributed by atoms with E-state index in [1.165, 1.54) is 74.0 Å². The molecule has 0 aliphatic carbocycles. The number of pyridine rings is 1. The molecule has 0 radical (unpaired) electrons. The van der Waals surface area contributed by atoms with E-state index in [2.05, 4.69) is 47.5 Å². The van der Waals surface area contributed by atoms with Gasteiger partial charge < -0.3 is 13.8 Å². The summed E-state index contributed by atoms with van der Waals surface area (Å²) in [5, 5.41) is 0.